The average molecular weight is 318 g/mol. The van der Waals surface area contributed by atoms with Crippen molar-refractivity contribution in [2.45, 2.75) is 19.9 Å². The lowest BCUT2D eigenvalue weighted by molar-refractivity contribution is 0.0633. The summed E-state index contributed by atoms with van der Waals surface area (Å²) in [6, 6.07) is 4.13. The van der Waals surface area contributed by atoms with Crippen molar-refractivity contribution in [3.05, 3.63) is 34.1 Å². The highest BCUT2D eigenvalue weighted by atomic mass is 79.9. The Morgan fingerprint density at radius 1 is 1.50 bits per heavy atom. The molecule has 1 rings (SSSR count). The number of ether oxygens (including phenoxy) is 1. The smallest absolute Gasteiger partial charge is 0.255 e. The normalized spacial score (nSPS) is 10.8. The highest BCUT2D eigenvalue weighted by molar-refractivity contribution is 9.10. The standard InChI is InChI=1S/C13H17BrFNO2/c1-9(2)16(6-7-18-3)13(17)11-8-10(15)4-5-12(11)14/h4-5,8-9H,6-7H2,1-3H3. The molecule has 0 aliphatic carbocycles. The van der Waals surface area contributed by atoms with E-state index >= 15 is 0 Å². The first-order valence-electron chi connectivity index (χ1n) is 5.72. The Balaban J connectivity index is 2.98. The van der Waals surface area contributed by atoms with Crippen molar-refractivity contribution >= 4 is 21.8 Å². The summed E-state index contributed by atoms with van der Waals surface area (Å²) in [7, 11) is 1.58. The van der Waals surface area contributed by atoms with E-state index in [-0.39, 0.29) is 11.9 Å². The van der Waals surface area contributed by atoms with Gasteiger partial charge in [0, 0.05) is 24.2 Å². The summed E-state index contributed by atoms with van der Waals surface area (Å²) in [6.07, 6.45) is 0. The molecule has 0 aromatic heterocycles. The van der Waals surface area contributed by atoms with Crippen LogP contribution in [-0.2, 0) is 4.74 Å². The van der Waals surface area contributed by atoms with E-state index < -0.39 is 5.82 Å². The van der Waals surface area contributed by atoms with E-state index in [1.807, 2.05) is 13.8 Å². The van der Waals surface area contributed by atoms with Crippen LogP contribution in [-0.4, -0.2) is 37.1 Å². The second-order valence-electron chi connectivity index (χ2n) is 4.21. The second-order valence-corrected chi connectivity index (χ2v) is 5.06. The number of hydrogen-bond acceptors (Lipinski definition) is 2. The van der Waals surface area contributed by atoms with Gasteiger partial charge in [0.05, 0.1) is 12.2 Å². The zero-order valence-corrected chi connectivity index (χ0v) is 12.3. The number of methoxy groups -OCH3 is 1. The van der Waals surface area contributed by atoms with Gasteiger partial charge in [0.25, 0.3) is 5.91 Å². The first-order chi connectivity index (χ1) is 8.47. The number of hydrogen-bond donors (Lipinski definition) is 0. The zero-order chi connectivity index (χ0) is 13.7. The molecular formula is C13H17BrFNO2. The lowest BCUT2D eigenvalue weighted by Crippen LogP contribution is -2.39. The van der Waals surface area contributed by atoms with E-state index in [1.165, 1.54) is 18.2 Å². The van der Waals surface area contributed by atoms with Gasteiger partial charge in [0.2, 0.25) is 0 Å². The van der Waals surface area contributed by atoms with Gasteiger partial charge in [0.1, 0.15) is 5.82 Å². The molecule has 18 heavy (non-hydrogen) atoms. The van der Waals surface area contributed by atoms with Crippen LogP contribution in [0.3, 0.4) is 0 Å². The van der Waals surface area contributed by atoms with Gasteiger partial charge in [-0.15, -0.1) is 0 Å². The first-order valence-corrected chi connectivity index (χ1v) is 6.51. The van der Waals surface area contributed by atoms with Crippen molar-refractivity contribution in [2.24, 2.45) is 0 Å². The Morgan fingerprint density at radius 2 is 2.17 bits per heavy atom. The zero-order valence-electron chi connectivity index (χ0n) is 10.7. The molecule has 100 valence electrons. The lowest BCUT2D eigenvalue weighted by Gasteiger charge is -2.27. The van der Waals surface area contributed by atoms with Crippen LogP contribution < -0.4 is 0 Å². The van der Waals surface area contributed by atoms with Crippen molar-refractivity contribution < 1.29 is 13.9 Å². The highest BCUT2D eigenvalue weighted by Crippen LogP contribution is 2.20. The third-order valence-electron chi connectivity index (χ3n) is 2.58. The van der Waals surface area contributed by atoms with Crippen LogP contribution in [0, 0.1) is 5.82 Å². The Labute approximate surface area is 115 Å². The number of halogens is 2. The molecule has 3 nitrogen and oxygen atoms in total. The molecule has 0 N–H and O–H groups in total. The molecule has 1 aromatic carbocycles. The molecule has 0 radical (unpaired) electrons. The topological polar surface area (TPSA) is 29.5 Å². The molecule has 1 aromatic rings. The quantitative estimate of drug-likeness (QED) is 0.835. The molecule has 0 fully saturated rings. The third-order valence-corrected chi connectivity index (χ3v) is 3.27. The van der Waals surface area contributed by atoms with Gasteiger partial charge in [-0.1, -0.05) is 0 Å². The molecule has 0 unspecified atom stereocenters. The van der Waals surface area contributed by atoms with Crippen LogP contribution in [0.1, 0.15) is 24.2 Å². The Morgan fingerprint density at radius 3 is 2.72 bits per heavy atom. The Hall–Kier alpha value is -0.940. The maximum absolute atomic E-state index is 13.2. The maximum atomic E-state index is 13.2. The van der Waals surface area contributed by atoms with Crippen LogP contribution >= 0.6 is 15.9 Å². The maximum Gasteiger partial charge on any atom is 0.255 e. The average Bonchev–Trinajstić information content (AvgIpc) is 2.32. The van der Waals surface area contributed by atoms with E-state index in [9.17, 15) is 9.18 Å². The number of carbonyl (C=O) groups excluding carboxylic acids is 1. The van der Waals surface area contributed by atoms with Crippen molar-refractivity contribution in [3.63, 3.8) is 0 Å². The summed E-state index contributed by atoms with van der Waals surface area (Å²) < 4.78 is 18.8. The van der Waals surface area contributed by atoms with Gasteiger partial charge in [-0.05, 0) is 48.0 Å². The van der Waals surface area contributed by atoms with Crippen LogP contribution in [0.5, 0.6) is 0 Å². The molecule has 1 amide bonds. The summed E-state index contributed by atoms with van der Waals surface area (Å²) >= 11 is 3.27. The fourth-order valence-corrected chi connectivity index (χ4v) is 2.02. The van der Waals surface area contributed by atoms with E-state index in [4.69, 9.17) is 4.74 Å². The summed E-state index contributed by atoms with van der Waals surface area (Å²) in [5.41, 5.74) is 0.333. The fourth-order valence-electron chi connectivity index (χ4n) is 1.60. The predicted molar refractivity (Wildman–Crippen MR) is 72.1 cm³/mol. The van der Waals surface area contributed by atoms with Crippen molar-refractivity contribution in [1.82, 2.24) is 4.90 Å². The molecule has 0 bridgehead atoms. The molecular weight excluding hydrogens is 301 g/mol. The summed E-state index contributed by atoms with van der Waals surface area (Å²) in [5, 5.41) is 0. The van der Waals surface area contributed by atoms with Gasteiger partial charge in [-0.3, -0.25) is 4.79 Å². The number of rotatable bonds is 5. The van der Waals surface area contributed by atoms with Gasteiger partial charge in [-0.25, -0.2) is 4.39 Å². The van der Waals surface area contributed by atoms with Gasteiger partial charge in [0.15, 0.2) is 0 Å². The van der Waals surface area contributed by atoms with Crippen LogP contribution in [0.25, 0.3) is 0 Å². The van der Waals surface area contributed by atoms with Gasteiger partial charge >= 0.3 is 0 Å². The van der Waals surface area contributed by atoms with Crippen LogP contribution in [0.2, 0.25) is 0 Å². The summed E-state index contributed by atoms with van der Waals surface area (Å²) in [4.78, 5) is 14.0. The van der Waals surface area contributed by atoms with E-state index in [0.717, 1.165) is 0 Å². The molecule has 0 aliphatic heterocycles. The van der Waals surface area contributed by atoms with Crippen LogP contribution in [0.15, 0.2) is 22.7 Å². The molecule has 0 spiro atoms. The fraction of sp³-hybridized carbons (Fsp3) is 0.462. The molecule has 0 saturated carbocycles. The largest absolute Gasteiger partial charge is 0.383 e. The van der Waals surface area contributed by atoms with E-state index in [2.05, 4.69) is 15.9 Å². The van der Waals surface area contributed by atoms with Crippen LogP contribution in [0.4, 0.5) is 4.39 Å². The van der Waals surface area contributed by atoms with Crippen molar-refractivity contribution in [2.75, 3.05) is 20.3 Å². The SMILES string of the molecule is COCCN(C(=O)c1cc(F)ccc1Br)C(C)C. The monoisotopic (exact) mass is 317 g/mol. The molecule has 0 atom stereocenters. The van der Waals surface area contributed by atoms with Gasteiger partial charge in [-0.2, -0.15) is 0 Å². The number of amides is 1. The van der Waals surface area contributed by atoms with Gasteiger partial charge < -0.3 is 9.64 Å². The molecule has 0 saturated heterocycles. The molecule has 5 heteroatoms. The molecule has 0 heterocycles. The predicted octanol–water partition coefficient (Wildman–Crippen LogP) is 3.09. The summed E-state index contributed by atoms with van der Waals surface area (Å²) in [6.45, 7) is 4.77. The minimum absolute atomic E-state index is 0.0304. The minimum Gasteiger partial charge on any atom is -0.383 e. The third kappa shape index (κ3) is 3.78. The number of nitrogens with zero attached hydrogens (tertiary/aromatic N) is 1. The minimum atomic E-state index is -0.419. The van der Waals surface area contributed by atoms with E-state index in [1.54, 1.807) is 12.0 Å². The molecule has 0 aliphatic rings. The number of carbonyl (C=O) groups is 1. The van der Waals surface area contributed by atoms with Crippen molar-refractivity contribution in [1.29, 1.82) is 0 Å². The first kappa shape index (κ1) is 15.1. The van der Waals surface area contributed by atoms with E-state index in [0.29, 0.717) is 23.2 Å². The number of benzene rings is 1. The Kier molecular flexibility index (Phi) is 5.75. The Bertz CT molecular complexity index is 423. The highest BCUT2D eigenvalue weighted by Gasteiger charge is 2.20. The van der Waals surface area contributed by atoms with Crippen molar-refractivity contribution in [3.8, 4) is 0 Å². The summed E-state index contributed by atoms with van der Waals surface area (Å²) in [5.74, 6) is -0.620. The lowest BCUT2D eigenvalue weighted by atomic mass is 10.1. The second kappa shape index (κ2) is 6.85.